The monoisotopic (exact) mass is 255 g/mol. The number of hydrogen-bond acceptors (Lipinski definition) is 2. The number of rotatable bonds is 5. The molecule has 0 aromatic heterocycles. The summed E-state index contributed by atoms with van der Waals surface area (Å²) < 4.78 is 0. The molecule has 2 aromatic rings. The van der Waals surface area contributed by atoms with Crippen molar-refractivity contribution in [3.8, 4) is 0 Å². The van der Waals surface area contributed by atoms with E-state index in [1.165, 1.54) is 0 Å². The minimum Gasteiger partial charge on any atom is -0.379 e. The zero-order chi connectivity index (χ0) is 13.7. The zero-order valence-corrected chi connectivity index (χ0v) is 11.5. The molecule has 2 heteroatoms. The molecule has 100 valence electrons. The fourth-order valence-corrected chi connectivity index (χ4v) is 2.15. The summed E-state index contributed by atoms with van der Waals surface area (Å²) >= 11 is 0. The van der Waals surface area contributed by atoms with E-state index < -0.39 is 5.60 Å². The molecule has 2 N–H and O–H groups in total. The third kappa shape index (κ3) is 3.22. The highest BCUT2D eigenvalue weighted by molar-refractivity contribution is 5.36. The van der Waals surface area contributed by atoms with Crippen LogP contribution >= 0.6 is 0 Å². The first-order valence-corrected chi connectivity index (χ1v) is 6.70. The van der Waals surface area contributed by atoms with Gasteiger partial charge in [0.25, 0.3) is 0 Å². The second-order valence-corrected chi connectivity index (χ2v) is 5.13. The van der Waals surface area contributed by atoms with E-state index in [9.17, 15) is 5.11 Å². The highest BCUT2D eigenvalue weighted by Crippen LogP contribution is 2.28. The van der Waals surface area contributed by atoms with Crippen LogP contribution in [-0.2, 0) is 5.60 Å². The van der Waals surface area contributed by atoms with Crippen LogP contribution in [0.1, 0.15) is 25.0 Å². The SMILES string of the molecule is CC(C)NCC(O)(c1ccccc1)c1ccccc1. The van der Waals surface area contributed by atoms with Crippen LogP contribution in [0, 0.1) is 0 Å². The van der Waals surface area contributed by atoms with E-state index in [-0.39, 0.29) is 0 Å². The summed E-state index contributed by atoms with van der Waals surface area (Å²) in [7, 11) is 0. The molecule has 0 fully saturated rings. The summed E-state index contributed by atoms with van der Waals surface area (Å²) in [6.07, 6.45) is 0. The van der Waals surface area contributed by atoms with Crippen LogP contribution in [0.5, 0.6) is 0 Å². The van der Waals surface area contributed by atoms with Gasteiger partial charge in [-0.1, -0.05) is 74.5 Å². The third-order valence-corrected chi connectivity index (χ3v) is 3.27. The van der Waals surface area contributed by atoms with Crippen molar-refractivity contribution in [3.05, 3.63) is 71.8 Å². The molecular formula is C17H21NO. The van der Waals surface area contributed by atoms with Crippen LogP contribution in [0.25, 0.3) is 0 Å². The summed E-state index contributed by atoms with van der Waals surface area (Å²) in [5.41, 5.74) is 0.830. The first-order valence-electron chi connectivity index (χ1n) is 6.70. The van der Waals surface area contributed by atoms with E-state index >= 15 is 0 Å². The first kappa shape index (κ1) is 13.8. The lowest BCUT2D eigenvalue weighted by Gasteiger charge is -2.30. The van der Waals surface area contributed by atoms with Crippen molar-refractivity contribution in [2.24, 2.45) is 0 Å². The predicted octanol–water partition coefficient (Wildman–Crippen LogP) is 2.92. The Balaban J connectivity index is 2.39. The van der Waals surface area contributed by atoms with E-state index in [0.717, 1.165) is 11.1 Å². The summed E-state index contributed by atoms with van der Waals surface area (Å²) in [4.78, 5) is 0. The van der Waals surface area contributed by atoms with Gasteiger partial charge < -0.3 is 10.4 Å². The predicted molar refractivity (Wildman–Crippen MR) is 79.0 cm³/mol. The van der Waals surface area contributed by atoms with Crippen LogP contribution < -0.4 is 5.32 Å². The fraction of sp³-hybridized carbons (Fsp3) is 0.294. The molecule has 0 spiro atoms. The maximum Gasteiger partial charge on any atom is 0.127 e. The minimum absolute atomic E-state index is 0.332. The highest BCUT2D eigenvalue weighted by atomic mass is 16.3. The van der Waals surface area contributed by atoms with Crippen LogP contribution in [-0.4, -0.2) is 17.7 Å². The van der Waals surface area contributed by atoms with E-state index in [1.54, 1.807) is 0 Å². The molecule has 0 amide bonds. The van der Waals surface area contributed by atoms with Gasteiger partial charge in [-0.15, -0.1) is 0 Å². The van der Waals surface area contributed by atoms with Crippen molar-refractivity contribution in [3.63, 3.8) is 0 Å². The summed E-state index contributed by atoms with van der Waals surface area (Å²) in [6.45, 7) is 4.66. The lowest BCUT2D eigenvalue weighted by molar-refractivity contribution is 0.0777. The number of nitrogens with one attached hydrogen (secondary N) is 1. The quantitative estimate of drug-likeness (QED) is 0.861. The van der Waals surface area contributed by atoms with Gasteiger partial charge in [0, 0.05) is 12.6 Å². The van der Waals surface area contributed by atoms with Gasteiger partial charge in [0.05, 0.1) is 0 Å². The number of benzene rings is 2. The Bertz CT molecular complexity index is 454. The Morgan fingerprint density at radius 3 is 1.68 bits per heavy atom. The lowest BCUT2D eigenvalue weighted by Crippen LogP contribution is -2.41. The van der Waals surface area contributed by atoms with Gasteiger partial charge in [-0.25, -0.2) is 0 Å². The molecule has 2 rings (SSSR count). The van der Waals surface area contributed by atoms with Crippen LogP contribution in [0.15, 0.2) is 60.7 Å². The van der Waals surface area contributed by atoms with Gasteiger partial charge in [0.2, 0.25) is 0 Å². The summed E-state index contributed by atoms with van der Waals surface area (Å²) in [5, 5.41) is 14.5. The van der Waals surface area contributed by atoms with Crippen LogP contribution in [0.2, 0.25) is 0 Å². The normalized spacial score (nSPS) is 11.8. The van der Waals surface area contributed by atoms with Gasteiger partial charge in [0.15, 0.2) is 0 Å². The molecule has 0 saturated carbocycles. The van der Waals surface area contributed by atoms with Crippen molar-refractivity contribution >= 4 is 0 Å². The van der Waals surface area contributed by atoms with Crippen LogP contribution in [0.3, 0.4) is 0 Å². The maximum absolute atomic E-state index is 11.1. The maximum atomic E-state index is 11.1. The molecule has 2 nitrogen and oxygen atoms in total. The average Bonchev–Trinajstić information content (AvgIpc) is 2.46. The topological polar surface area (TPSA) is 32.3 Å². The molecule has 0 radical (unpaired) electrons. The average molecular weight is 255 g/mol. The Hall–Kier alpha value is -1.64. The van der Waals surface area contributed by atoms with Crippen molar-refractivity contribution in [1.29, 1.82) is 0 Å². The number of aliphatic hydroxyl groups is 1. The van der Waals surface area contributed by atoms with Crippen molar-refractivity contribution in [1.82, 2.24) is 5.32 Å². The molecule has 2 aromatic carbocycles. The Morgan fingerprint density at radius 2 is 1.32 bits per heavy atom. The Labute approximate surface area is 115 Å². The van der Waals surface area contributed by atoms with Gasteiger partial charge in [-0.3, -0.25) is 0 Å². The van der Waals surface area contributed by atoms with Gasteiger partial charge in [-0.2, -0.15) is 0 Å². The molecule has 0 atom stereocenters. The van der Waals surface area contributed by atoms with E-state index in [4.69, 9.17) is 0 Å². The smallest absolute Gasteiger partial charge is 0.127 e. The van der Waals surface area contributed by atoms with Gasteiger partial charge >= 0.3 is 0 Å². The first-order chi connectivity index (χ1) is 9.13. The second-order valence-electron chi connectivity index (χ2n) is 5.13. The van der Waals surface area contributed by atoms with Gasteiger partial charge in [-0.05, 0) is 11.1 Å². The lowest BCUT2D eigenvalue weighted by atomic mass is 9.86. The van der Waals surface area contributed by atoms with E-state index in [2.05, 4.69) is 19.2 Å². The molecule has 0 heterocycles. The molecule has 0 aliphatic rings. The van der Waals surface area contributed by atoms with Crippen molar-refractivity contribution in [2.45, 2.75) is 25.5 Å². The zero-order valence-electron chi connectivity index (χ0n) is 11.5. The third-order valence-electron chi connectivity index (χ3n) is 3.27. The largest absolute Gasteiger partial charge is 0.379 e. The van der Waals surface area contributed by atoms with E-state index in [0.29, 0.717) is 12.6 Å². The molecule has 19 heavy (non-hydrogen) atoms. The molecule has 0 bridgehead atoms. The minimum atomic E-state index is -0.993. The fourth-order valence-electron chi connectivity index (χ4n) is 2.15. The van der Waals surface area contributed by atoms with Crippen molar-refractivity contribution < 1.29 is 5.11 Å². The van der Waals surface area contributed by atoms with Crippen LogP contribution in [0.4, 0.5) is 0 Å². The van der Waals surface area contributed by atoms with Crippen molar-refractivity contribution in [2.75, 3.05) is 6.54 Å². The molecule has 0 unspecified atom stereocenters. The molecular weight excluding hydrogens is 234 g/mol. The number of hydrogen-bond donors (Lipinski definition) is 2. The Morgan fingerprint density at radius 1 is 0.895 bits per heavy atom. The molecule has 0 aliphatic carbocycles. The standard InChI is InChI=1S/C17H21NO/c1-14(2)18-13-17(19,15-9-5-3-6-10-15)16-11-7-4-8-12-16/h3-12,14,18-19H,13H2,1-2H3. The second kappa shape index (κ2) is 6.00. The van der Waals surface area contributed by atoms with Gasteiger partial charge in [0.1, 0.15) is 5.60 Å². The Kier molecular flexibility index (Phi) is 4.35. The summed E-state index contributed by atoms with van der Waals surface area (Å²) in [6, 6.07) is 20.0. The van der Waals surface area contributed by atoms with E-state index in [1.807, 2.05) is 60.7 Å². The highest BCUT2D eigenvalue weighted by Gasteiger charge is 2.31. The summed E-state index contributed by atoms with van der Waals surface area (Å²) in [5.74, 6) is 0. The molecule has 0 aliphatic heterocycles. The molecule has 0 saturated heterocycles.